The fourth-order valence-corrected chi connectivity index (χ4v) is 1.37. The second-order valence-corrected chi connectivity index (χ2v) is 3.35. The summed E-state index contributed by atoms with van der Waals surface area (Å²) >= 11 is 5.46. The molecule has 0 radical (unpaired) electrons. The second-order valence-electron chi connectivity index (χ2n) is 2.97. The molecule has 0 fully saturated rings. The Labute approximate surface area is 91.2 Å². The van der Waals surface area contributed by atoms with Crippen LogP contribution in [0.5, 0.6) is 5.75 Å². The highest BCUT2D eigenvalue weighted by Gasteiger charge is 2.04. The van der Waals surface area contributed by atoms with Gasteiger partial charge in [0.25, 0.3) is 0 Å². The minimum Gasteiger partial charge on any atom is -0.485 e. The van der Waals surface area contributed by atoms with Crippen LogP contribution in [0, 0.1) is 0 Å². The number of ether oxygens (including phenoxy) is 1. The van der Waals surface area contributed by atoms with Crippen molar-refractivity contribution in [2.75, 3.05) is 12.5 Å². The Morgan fingerprint density at radius 2 is 2.13 bits per heavy atom. The van der Waals surface area contributed by atoms with E-state index >= 15 is 0 Å². The molecule has 0 aliphatic rings. The fraction of sp³-hybridized carbons (Fsp3) is 0.182. The van der Waals surface area contributed by atoms with Crippen LogP contribution in [-0.4, -0.2) is 12.5 Å². The standard InChI is InChI=1S/C11H9ClO3/c12-5-6-14-10-7-8-3-1-2-4-9(8)15-11(10)13/h1-4,7H,5-6H2. The SMILES string of the molecule is O=c1oc2ccccc2cc1OCCCl. The van der Waals surface area contributed by atoms with E-state index in [0.29, 0.717) is 18.1 Å². The Morgan fingerprint density at radius 3 is 2.93 bits per heavy atom. The minimum absolute atomic E-state index is 0.203. The van der Waals surface area contributed by atoms with Gasteiger partial charge in [0, 0.05) is 5.39 Å². The number of benzene rings is 1. The van der Waals surface area contributed by atoms with Gasteiger partial charge in [0.05, 0.1) is 5.88 Å². The number of rotatable bonds is 3. The summed E-state index contributed by atoms with van der Waals surface area (Å²) in [5.41, 5.74) is 0.0829. The molecule has 1 heterocycles. The summed E-state index contributed by atoms with van der Waals surface area (Å²) in [6.45, 7) is 0.296. The van der Waals surface area contributed by atoms with Gasteiger partial charge in [-0.05, 0) is 12.1 Å². The lowest BCUT2D eigenvalue weighted by molar-refractivity contribution is 0.324. The molecule has 0 aliphatic heterocycles. The van der Waals surface area contributed by atoms with Crippen molar-refractivity contribution in [1.29, 1.82) is 0 Å². The lowest BCUT2D eigenvalue weighted by Gasteiger charge is -2.02. The van der Waals surface area contributed by atoms with Gasteiger partial charge in [-0.1, -0.05) is 18.2 Å². The lowest BCUT2D eigenvalue weighted by Crippen LogP contribution is -2.08. The van der Waals surface area contributed by atoms with Crippen LogP contribution in [0.3, 0.4) is 0 Å². The predicted molar refractivity (Wildman–Crippen MR) is 58.7 cm³/mol. The van der Waals surface area contributed by atoms with Crippen molar-refractivity contribution in [3.63, 3.8) is 0 Å². The fourth-order valence-electron chi connectivity index (χ4n) is 1.29. The summed E-state index contributed by atoms with van der Waals surface area (Å²) in [5.74, 6) is 0.543. The van der Waals surface area contributed by atoms with Gasteiger partial charge in [0.1, 0.15) is 12.2 Å². The molecule has 0 atom stereocenters. The van der Waals surface area contributed by atoms with E-state index in [1.807, 2.05) is 18.2 Å². The van der Waals surface area contributed by atoms with Gasteiger partial charge in [0.2, 0.25) is 5.75 Å². The zero-order valence-corrected chi connectivity index (χ0v) is 8.66. The third kappa shape index (κ3) is 2.13. The van der Waals surface area contributed by atoms with Crippen molar-refractivity contribution in [3.05, 3.63) is 40.8 Å². The van der Waals surface area contributed by atoms with Gasteiger partial charge < -0.3 is 9.15 Å². The van der Waals surface area contributed by atoms with Gasteiger partial charge in [-0.3, -0.25) is 0 Å². The molecule has 0 saturated carbocycles. The van der Waals surface area contributed by atoms with Crippen LogP contribution in [0.2, 0.25) is 0 Å². The summed E-state index contributed by atoms with van der Waals surface area (Å²) in [7, 11) is 0. The van der Waals surface area contributed by atoms with E-state index in [-0.39, 0.29) is 5.75 Å². The Morgan fingerprint density at radius 1 is 1.33 bits per heavy atom. The molecule has 1 aromatic carbocycles. The van der Waals surface area contributed by atoms with E-state index < -0.39 is 5.63 Å². The molecular formula is C11H9ClO3. The molecule has 4 heteroatoms. The van der Waals surface area contributed by atoms with Crippen LogP contribution in [-0.2, 0) is 0 Å². The van der Waals surface area contributed by atoms with E-state index in [4.69, 9.17) is 20.8 Å². The highest BCUT2D eigenvalue weighted by molar-refractivity contribution is 6.18. The van der Waals surface area contributed by atoms with E-state index in [0.717, 1.165) is 5.39 Å². The zero-order valence-electron chi connectivity index (χ0n) is 7.90. The van der Waals surface area contributed by atoms with Crippen LogP contribution in [0.1, 0.15) is 0 Å². The van der Waals surface area contributed by atoms with Crippen LogP contribution >= 0.6 is 11.6 Å². The number of para-hydroxylation sites is 1. The Bertz CT molecular complexity index is 518. The lowest BCUT2D eigenvalue weighted by atomic mass is 10.2. The van der Waals surface area contributed by atoms with Gasteiger partial charge in [-0.15, -0.1) is 11.6 Å². The Balaban J connectivity index is 2.48. The zero-order chi connectivity index (χ0) is 10.7. The first-order valence-electron chi connectivity index (χ1n) is 4.53. The third-order valence-corrected chi connectivity index (χ3v) is 2.10. The van der Waals surface area contributed by atoms with Crippen molar-refractivity contribution >= 4 is 22.6 Å². The molecule has 0 bridgehead atoms. The summed E-state index contributed by atoms with van der Waals surface area (Å²) in [6.07, 6.45) is 0. The van der Waals surface area contributed by atoms with Crippen molar-refractivity contribution in [2.24, 2.45) is 0 Å². The van der Waals surface area contributed by atoms with Crippen molar-refractivity contribution < 1.29 is 9.15 Å². The van der Waals surface area contributed by atoms with E-state index in [1.165, 1.54) is 0 Å². The van der Waals surface area contributed by atoms with Crippen molar-refractivity contribution in [1.82, 2.24) is 0 Å². The van der Waals surface area contributed by atoms with Crippen molar-refractivity contribution in [3.8, 4) is 5.75 Å². The average Bonchev–Trinajstić information content (AvgIpc) is 2.26. The number of hydrogen-bond donors (Lipinski definition) is 0. The van der Waals surface area contributed by atoms with Crippen molar-refractivity contribution in [2.45, 2.75) is 0 Å². The summed E-state index contributed by atoms with van der Waals surface area (Å²) < 4.78 is 10.2. The molecule has 1 aromatic heterocycles. The second kappa shape index (κ2) is 4.36. The maximum atomic E-state index is 11.4. The molecule has 3 nitrogen and oxygen atoms in total. The molecule has 78 valence electrons. The largest absolute Gasteiger partial charge is 0.485 e. The minimum atomic E-state index is -0.473. The molecule has 0 aliphatic carbocycles. The molecule has 0 spiro atoms. The van der Waals surface area contributed by atoms with Crippen LogP contribution in [0.4, 0.5) is 0 Å². The quantitative estimate of drug-likeness (QED) is 0.594. The number of hydrogen-bond acceptors (Lipinski definition) is 3. The van der Waals surface area contributed by atoms with Crippen LogP contribution in [0.15, 0.2) is 39.5 Å². The molecule has 0 saturated heterocycles. The average molecular weight is 225 g/mol. The Kier molecular flexibility index (Phi) is 2.92. The summed E-state index contributed by atoms with van der Waals surface area (Å²) in [5, 5.41) is 0.835. The number of halogens is 1. The molecule has 15 heavy (non-hydrogen) atoms. The molecular weight excluding hydrogens is 216 g/mol. The molecule has 0 amide bonds. The van der Waals surface area contributed by atoms with Gasteiger partial charge in [-0.25, -0.2) is 4.79 Å². The first kappa shape index (κ1) is 10.1. The van der Waals surface area contributed by atoms with Gasteiger partial charge in [-0.2, -0.15) is 0 Å². The maximum Gasteiger partial charge on any atom is 0.379 e. The topological polar surface area (TPSA) is 39.4 Å². The molecule has 0 unspecified atom stereocenters. The number of fused-ring (bicyclic) bond motifs is 1. The maximum absolute atomic E-state index is 11.4. The van der Waals surface area contributed by atoms with Crippen LogP contribution < -0.4 is 10.4 Å². The molecule has 2 rings (SSSR count). The highest BCUT2D eigenvalue weighted by Crippen LogP contribution is 2.16. The Hall–Kier alpha value is -1.48. The number of alkyl halides is 1. The van der Waals surface area contributed by atoms with E-state index in [9.17, 15) is 4.79 Å². The first-order valence-corrected chi connectivity index (χ1v) is 5.06. The smallest absolute Gasteiger partial charge is 0.379 e. The molecule has 2 aromatic rings. The summed E-state index contributed by atoms with van der Waals surface area (Å²) in [6, 6.07) is 8.93. The van der Waals surface area contributed by atoms with E-state index in [2.05, 4.69) is 0 Å². The van der Waals surface area contributed by atoms with Gasteiger partial charge >= 0.3 is 5.63 Å². The van der Waals surface area contributed by atoms with Gasteiger partial charge in [0.15, 0.2) is 0 Å². The first-order chi connectivity index (χ1) is 7.31. The van der Waals surface area contributed by atoms with Crippen LogP contribution in [0.25, 0.3) is 11.0 Å². The monoisotopic (exact) mass is 224 g/mol. The third-order valence-electron chi connectivity index (χ3n) is 1.94. The molecule has 0 N–H and O–H groups in total. The predicted octanol–water partition coefficient (Wildman–Crippen LogP) is 2.41. The summed E-state index contributed by atoms with van der Waals surface area (Å²) in [4.78, 5) is 11.4. The normalized spacial score (nSPS) is 10.5. The highest BCUT2D eigenvalue weighted by atomic mass is 35.5. The van der Waals surface area contributed by atoms with E-state index in [1.54, 1.807) is 12.1 Å².